The molecule has 0 saturated heterocycles. The predicted molar refractivity (Wildman–Crippen MR) is 115 cm³/mol. The number of carbonyl (C=O) groups excluding carboxylic acids is 1. The number of benzene rings is 2. The summed E-state index contributed by atoms with van der Waals surface area (Å²) in [5, 5.41) is 3.55. The molecule has 3 aromatic rings. The number of halogens is 1. The molecule has 1 N–H and O–H groups in total. The molecule has 1 amide bonds. The Hall–Kier alpha value is -2.18. The lowest BCUT2D eigenvalue weighted by molar-refractivity contribution is 0.102. The second-order valence-corrected chi connectivity index (χ2v) is 7.96. The monoisotopic (exact) mass is 444 g/mol. The Kier molecular flexibility index (Phi) is 6.63. The fraction of sp³-hybridized carbons (Fsp3) is 0.238. The van der Waals surface area contributed by atoms with Gasteiger partial charge in [0, 0.05) is 20.5 Å². The summed E-state index contributed by atoms with van der Waals surface area (Å²) in [7, 11) is 0. The van der Waals surface area contributed by atoms with Gasteiger partial charge in [-0.2, -0.15) is 0 Å². The van der Waals surface area contributed by atoms with Crippen LogP contribution in [0, 0.1) is 0 Å². The van der Waals surface area contributed by atoms with Gasteiger partial charge in [-0.25, -0.2) is 4.98 Å². The summed E-state index contributed by atoms with van der Waals surface area (Å²) < 4.78 is 6.45. The van der Waals surface area contributed by atoms with Gasteiger partial charge in [-0.15, -0.1) is 11.3 Å². The van der Waals surface area contributed by atoms with E-state index in [1.54, 1.807) is 12.1 Å². The van der Waals surface area contributed by atoms with Crippen LogP contribution in [0.2, 0.25) is 0 Å². The van der Waals surface area contributed by atoms with Crippen molar-refractivity contribution in [1.29, 1.82) is 0 Å². The lowest BCUT2D eigenvalue weighted by Gasteiger charge is -2.05. The van der Waals surface area contributed by atoms with Gasteiger partial charge in [0.2, 0.25) is 0 Å². The van der Waals surface area contributed by atoms with Crippen molar-refractivity contribution in [1.82, 2.24) is 4.98 Å². The second-order valence-electron chi connectivity index (χ2n) is 5.96. The number of carbonyl (C=O) groups is 1. The van der Waals surface area contributed by atoms with Crippen LogP contribution in [0.5, 0.6) is 5.75 Å². The maximum Gasteiger partial charge on any atom is 0.257 e. The number of aromatic nitrogens is 1. The zero-order valence-corrected chi connectivity index (χ0v) is 17.7. The van der Waals surface area contributed by atoms with E-state index in [4.69, 9.17) is 9.72 Å². The van der Waals surface area contributed by atoms with Gasteiger partial charge in [0.15, 0.2) is 5.13 Å². The number of nitrogens with one attached hydrogen (secondary N) is 1. The number of hydrogen-bond acceptors (Lipinski definition) is 4. The highest BCUT2D eigenvalue weighted by Gasteiger charge is 2.15. The van der Waals surface area contributed by atoms with Crippen LogP contribution in [0.4, 0.5) is 5.13 Å². The molecule has 1 heterocycles. The molecule has 2 aromatic carbocycles. The molecule has 140 valence electrons. The number of hydrogen-bond donors (Lipinski definition) is 1. The van der Waals surface area contributed by atoms with E-state index >= 15 is 0 Å². The minimum Gasteiger partial charge on any atom is -0.494 e. The number of anilines is 1. The first-order valence-corrected chi connectivity index (χ1v) is 10.5. The van der Waals surface area contributed by atoms with Gasteiger partial charge in [0.1, 0.15) is 5.75 Å². The third-order valence-electron chi connectivity index (χ3n) is 3.94. The van der Waals surface area contributed by atoms with Gasteiger partial charge in [0.25, 0.3) is 5.91 Å². The van der Waals surface area contributed by atoms with E-state index in [1.807, 2.05) is 43.3 Å². The highest BCUT2D eigenvalue weighted by molar-refractivity contribution is 9.10. The number of ether oxygens (including phenoxy) is 1. The molecular weight excluding hydrogens is 424 g/mol. The molecule has 4 nitrogen and oxygen atoms in total. The average molecular weight is 445 g/mol. The van der Waals surface area contributed by atoms with Gasteiger partial charge >= 0.3 is 0 Å². The summed E-state index contributed by atoms with van der Waals surface area (Å²) in [6, 6.07) is 15.2. The van der Waals surface area contributed by atoms with E-state index in [1.165, 1.54) is 16.2 Å². The van der Waals surface area contributed by atoms with E-state index < -0.39 is 0 Å². The van der Waals surface area contributed by atoms with Crippen molar-refractivity contribution in [2.24, 2.45) is 0 Å². The minimum atomic E-state index is -0.155. The topological polar surface area (TPSA) is 51.2 Å². The molecule has 0 bridgehead atoms. The standard InChI is InChI=1S/C21H21BrN2O2S/c1-3-5-18-19(14-8-12-17(13-9-14)26-4-2)23-21(27-18)24-20(25)15-6-10-16(22)11-7-15/h6-13H,3-5H2,1-2H3,(H,23,24,25). The number of nitrogens with zero attached hydrogens (tertiary/aromatic N) is 1. The third-order valence-corrected chi connectivity index (χ3v) is 5.50. The Morgan fingerprint density at radius 1 is 1.11 bits per heavy atom. The maximum absolute atomic E-state index is 12.5. The largest absolute Gasteiger partial charge is 0.494 e. The van der Waals surface area contributed by atoms with Crippen LogP contribution >= 0.6 is 27.3 Å². The van der Waals surface area contributed by atoms with Crippen molar-refractivity contribution in [3.05, 3.63) is 63.4 Å². The van der Waals surface area contributed by atoms with Crippen LogP contribution in [0.25, 0.3) is 11.3 Å². The highest BCUT2D eigenvalue weighted by Crippen LogP contribution is 2.33. The van der Waals surface area contributed by atoms with Crippen molar-refractivity contribution in [2.75, 3.05) is 11.9 Å². The Balaban J connectivity index is 1.84. The lowest BCUT2D eigenvalue weighted by Crippen LogP contribution is -2.11. The fourth-order valence-corrected chi connectivity index (χ4v) is 4.02. The molecule has 0 aliphatic carbocycles. The first kappa shape index (κ1) is 19.6. The lowest BCUT2D eigenvalue weighted by atomic mass is 10.1. The van der Waals surface area contributed by atoms with E-state index in [2.05, 4.69) is 28.2 Å². The fourth-order valence-electron chi connectivity index (χ4n) is 2.67. The summed E-state index contributed by atoms with van der Waals surface area (Å²) in [5.41, 5.74) is 2.56. The SMILES string of the molecule is CCCc1sc(NC(=O)c2ccc(Br)cc2)nc1-c1ccc(OCC)cc1. The van der Waals surface area contributed by atoms with E-state index in [9.17, 15) is 4.79 Å². The highest BCUT2D eigenvalue weighted by atomic mass is 79.9. The molecule has 0 unspecified atom stereocenters. The summed E-state index contributed by atoms with van der Waals surface area (Å²) in [6.45, 7) is 4.75. The number of thiazole rings is 1. The van der Waals surface area contributed by atoms with Crippen LogP contribution in [-0.2, 0) is 6.42 Å². The summed E-state index contributed by atoms with van der Waals surface area (Å²) in [5.74, 6) is 0.690. The van der Waals surface area contributed by atoms with Gasteiger partial charge < -0.3 is 4.74 Å². The minimum absolute atomic E-state index is 0.155. The van der Waals surface area contributed by atoms with Crippen molar-refractivity contribution in [3.63, 3.8) is 0 Å². The normalized spacial score (nSPS) is 10.6. The zero-order chi connectivity index (χ0) is 19.2. The number of aryl methyl sites for hydroxylation is 1. The van der Waals surface area contributed by atoms with Gasteiger partial charge in [-0.05, 0) is 61.9 Å². The van der Waals surface area contributed by atoms with Crippen LogP contribution in [0.15, 0.2) is 53.0 Å². The zero-order valence-electron chi connectivity index (χ0n) is 15.3. The average Bonchev–Trinajstić information content (AvgIpc) is 3.06. The van der Waals surface area contributed by atoms with Crippen LogP contribution in [0.1, 0.15) is 35.5 Å². The molecule has 1 aromatic heterocycles. The molecule has 27 heavy (non-hydrogen) atoms. The molecule has 3 rings (SSSR count). The van der Waals surface area contributed by atoms with Crippen LogP contribution in [0.3, 0.4) is 0 Å². The molecule has 6 heteroatoms. The Bertz CT molecular complexity index is 905. The number of rotatable bonds is 7. The first-order chi connectivity index (χ1) is 13.1. The Morgan fingerprint density at radius 3 is 2.44 bits per heavy atom. The Labute approximate surface area is 171 Å². The smallest absolute Gasteiger partial charge is 0.257 e. The van der Waals surface area contributed by atoms with E-state index in [-0.39, 0.29) is 5.91 Å². The quantitative estimate of drug-likeness (QED) is 0.473. The van der Waals surface area contributed by atoms with Crippen molar-refractivity contribution in [2.45, 2.75) is 26.7 Å². The molecule has 0 fully saturated rings. The van der Waals surface area contributed by atoms with E-state index in [0.29, 0.717) is 17.3 Å². The first-order valence-electron chi connectivity index (χ1n) is 8.90. The molecule has 0 aliphatic rings. The molecule has 0 saturated carbocycles. The Morgan fingerprint density at radius 2 is 1.81 bits per heavy atom. The van der Waals surface area contributed by atoms with Gasteiger partial charge in [0.05, 0.1) is 12.3 Å². The summed E-state index contributed by atoms with van der Waals surface area (Å²) in [6.07, 6.45) is 1.95. The van der Waals surface area contributed by atoms with Crippen molar-refractivity contribution < 1.29 is 9.53 Å². The van der Waals surface area contributed by atoms with E-state index in [0.717, 1.165) is 34.3 Å². The summed E-state index contributed by atoms with van der Waals surface area (Å²) >= 11 is 4.92. The van der Waals surface area contributed by atoms with Crippen molar-refractivity contribution >= 4 is 38.3 Å². The van der Waals surface area contributed by atoms with Crippen LogP contribution < -0.4 is 10.1 Å². The summed E-state index contributed by atoms with van der Waals surface area (Å²) in [4.78, 5) is 18.3. The number of amides is 1. The van der Waals surface area contributed by atoms with Crippen molar-refractivity contribution in [3.8, 4) is 17.0 Å². The van der Waals surface area contributed by atoms with Crippen LogP contribution in [-0.4, -0.2) is 17.5 Å². The molecule has 0 radical (unpaired) electrons. The van der Waals surface area contributed by atoms with Gasteiger partial charge in [-0.3, -0.25) is 10.1 Å². The molecule has 0 aliphatic heterocycles. The third kappa shape index (κ3) is 4.96. The predicted octanol–water partition coefficient (Wildman–Crippen LogP) is 6.18. The molecular formula is C21H21BrN2O2S. The molecule has 0 spiro atoms. The van der Waals surface area contributed by atoms with Gasteiger partial charge in [-0.1, -0.05) is 29.3 Å². The molecule has 0 atom stereocenters. The maximum atomic E-state index is 12.5. The second kappa shape index (κ2) is 9.15.